The highest BCUT2D eigenvalue weighted by Crippen LogP contribution is 2.10. The third-order valence-electron chi connectivity index (χ3n) is 3.83. The van der Waals surface area contributed by atoms with Crippen molar-refractivity contribution < 1.29 is 34.8 Å². The monoisotopic (exact) mass is 390 g/mol. The number of carbonyl (C=O) groups is 2. The largest absolute Gasteiger partial charge is 0.481 e. The molecule has 0 aromatic heterocycles. The number of carboxylic acids is 2. The van der Waals surface area contributed by atoms with E-state index in [0.717, 1.165) is 6.42 Å². The number of unbranched alkanes of at least 4 members (excludes halogenated alkanes) is 9. The number of ether oxygens (including phenoxy) is 1. The molecule has 0 rings (SSSR count). The van der Waals surface area contributed by atoms with Gasteiger partial charge in [-0.2, -0.15) is 0 Å². The lowest BCUT2D eigenvalue weighted by molar-refractivity contribution is -0.139. The average Bonchev–Trinajstić information content (AvgIpc) is 2.62. The average molecular weight is 391 g/mol. The van der Waals surface area contributed by atoms with Crippen molar-refractivity contribution >= 4 is 11.9 Å². The zero-order valence-electron chi connectivity index (χ0n) is 16.7. The molecule has 160 valence electrons. The molecule has 0 aromatic carbocycles. The van der Waals surface area contributed by atoms with Crippen LogP contribution in [0.3, 0.4) is 0 Å². The van der Waals surface area contributed by atoms with E-state index in [1.54, 1.807) is 0 Å². The number of carboxylic acid groups (broad SMARTS) is 2. The maximum atomic E-state index is 9.87. The van der Waals surface area contributed by atoms with Crippen molar-refractivity contribution in [1.29, 1.82) is 0 Å². The maximum Gasteiger partial charge on any atom is 0.331 e. The van der Waals surface area contributed by atoms with Gasteiger partial charge in [0.2, 0.25) is 0 Å². The van der Waals surface area contributed by atoms with E-state index in [1.807, 2.05) is 0 Å². The van der Waals surface area contributed by atoms with Crippen LogP contribution < -0.4 is 0 Å². The van der Waals surface area contributed by atoms with Crippen molar-refractivity contribution in [2.45, 2.75) is 83.7 Å². The Kier molecular flexibility index (Phi) is 21.5. The second-order valence-electron chi connectivity index (χ2n) is 6.57. The predicted octanol–water partition coefficient (Wildman–Crippen LogP) is 3.38. The molecule has 0 aliphatic carbocycles. The number of rotatable bonds is 17. The van der Waals surface area contributed by atoms with Crippen molar-refractivity contribution in [3.05, 3.63) is 12.2 Å². The lowest BCUT2D eigenvalue weighted by Gasteiger charge is -2.07. The highest BCUT2D eigenvalue weighted by atomic mass is 16.5. The summed E-state index contributed by atoms with van der Waals surface area (Å²) in [4.78, 5) is 19.7. The standard InChI is InChI=1S/C15H32O3.C5H6O4/c1-2-3-4-5-6-7-8-9-10-11-12-18-14-15(17)13-16;1-3(5(8)9)2-4(6)7/h15-17H,2-14H2,1H3;1-2H2,(H,6,7)(H,8,9). The first-order chi connectivity index (χ1) is 12.8. The molecule has 7 heteroatoms. The Balaban J connectivity index is 0. The number of aliphatic hydroxyl groups excluding tert-OH is 2. The second-order valence-corrected chi connectivity index (χ2v) is 6.57. The minimum atomic E-state index is -1.27. The van der Waals surface area contributed by atoms with Gasteiger partial charge in [-0.25, -0.2) is 4.79 Å². The van der Waals surface area contributed by atoms with E-state index in [4.69, 9.17) is 25.2 Å². The first kappa shape index (κ1) is 27.8. The van der Waals surface area contributed by atoms with Crippen molar-refractivity contribution in [2.24, 2.45) is 0 Å². The van der Waals surface area contributed by atoms with Crippen molar-refractivity contribution in [3.8, 4) is 0 Å². The third kappa shape index (κ3) is 24.6. The molecule has 0 heterocycles. The SMILES string of the molecule is C=C(CC(=O)O)C(=O)O.CCCCCCCCCCCCOCC(O)CO. The number of aliphatic carboxylic acids is 2. The Morgan fingerprint density at radius 1 is 0.926 bits per heavy atom. The molecule has 0 bridgehead atoms. The lowest BCUT2D eigenvalue weighted by atomic mass is 10.1. The molecule has 0 radical (unpaired) electrons. The summed E-state index contributed by atoms with van der Waals surface area (Å²) in [5, 5.41) is 33.7. The van der Waals surface area contributed by atoms with Crippen LogP contribution in [0.1, 0.15) is 77.6 Å². The van der Waals surface area contributed by atoms with E-state index in [0.29, 0.717) is 6.61 Å². The molecule has 0 aromatic rings. The Morgan fingerprint density at radius 3 is 1.78 bits per heavy atom. The molecular weight excluding hydrogens is 352 g/mol. The smallest absolute Gasteiger partial charge is 0.331 e. The van der Waals surface area contributed by atoms with E-state index >= 15 is 0 Å². The van der Waals surface area contributed by atoms with Crippen LogP contribution in [0.2, 0.25) is 0 Å². The summed E-state index contributed by atoms with van der Waals surface area (Å²) in [6.07, 6.45) is 12.0. The summed E-state index contributed by atoms with van der Waals surface area (Å²) in [5.74, 6) is -2.44. The van der Waals surface area contributed by atoms with Crippen LogP contribution >= 0.6 is 0 Å². The van der Waals surface area contributed by atoms with Gasteiger partial charge in [0.15, 0.2) is 0 Å². The molecule has 0 amide bonds. The Hall–Kier alpha value is -1.44. The molecular formula is C20H38O7. The minimum Gasteiger partial charge on any atom is -0.481 e. The number of hydrogen-bond acceptors (Lipinski definition) is 5. The molecule has 0 aliphatic rings. The van der Waals surface area contributed by atoms with Gasteiger partial charge in [-0.05, 0) is 6.42 Å². The van der Waals surface area contributed by atoms with Crippen LogP contribution in [0.25, 0.3) is 0 Å². The van der Waals surface area contributed by atoms with Crippen LogP contribution in [0.5, 0.6) is 0 Å². The fraction of sp³-hybridized carbons (Fsp3) is 0.800. The normalized spacial score (nSPS) is 11.4. The zero-order valence-corrected chi connectivity index (χ0v) is 16.7. The molecule has 0 saturated carbocycles. The van der Waals surface area contributed by atoms with Crippen LogP contribution in [0, 0.1) is 0 Å². The highest BCUT2D eigenvalue weighted by Gasteiger charge is 2.07. The number of hydrogen-bond donors (Lipinski definition) is 4. The zero-order chi connectivity index (χ0) is 20.9. The summed E-state index contributed by atoms with van der Waals surface area (Å²) in [6, 6.07) is 0. The van der Waals surface area contributed by atoms with Gasteiger partial charge >= 0.3 is 11.9 Å². The van der Waals surface area contributed by atoms with Crippen LogP contribution in [0.15, 0.2) is 12.2 Å². The van der Waals surface area contributed by atoms with Crippen LogP contribution in [-0.2, 0) is 14.3 Å². The van der Waals surface area contributed by atoms with Gasteiger partial charge in [-0.15, -0.1) is 0 Å². The lowest BCUT2D eigenvalue weighted by Crippen LogP contribution is -2.19. The Morgan fingerprint density at radius 2 is 1.41 bits per heavy atom. The van der Waals surface area contributed by atoms with Gasteiger partial charge in [0.1, 0.15) is 6.10 Å². The Bertz CT molecular complexity index is 383. The van der Waals surface area contributed by atoms with E-state index < -0.39 is 24.5 Å². The molecule has 0 fully saturated rings. The highest BCUT2D eigenvalue weighted by molar-refractivity contribution is 5.91. The molecule has 1 atom stereocenters. The maximum absolute atomic E-state index is 9.87. The summed E-state index contributed by atoms with van der Waals surface area (Å²) >= 11 is 0. The molecule has 4 N–H and O–H groups in total. The molecule has 7 nitrogen and oxygen atoms in total. The van der Waals surface area contributed by atoms with Gasteiger partial charge in [0.25, 0.3) is 0 Å². The second kappa shape index (κ2) is 20.9. The van der Waals surface area contributed by atoms with E-state index in [9.17, 15) is 9.59 Å². The fourth-order valence-corrected chi connectivity index (χ4v) is 2.22. The van der Waals surface area contributed by atoms with E-state index in [1.165, 1.54) is 57.8 Å². The quantitative estimate of drug-likeness (QED) is 0.222. The van der Waals surface area contributed by atoms with Gasteiger partial charge in [0, 0.05) is 12.2 Å². The molecule has 1 unspecified atom stereocenters. The topological polar surface area (TPSA) is 124 Å². The molecule has 0 aliphatic heterocycles. The first-order valence-electron chi connectivity index (χ1n) is 9.84. The Labute approximate surface area is 163 Å². The van der Waals surface area contributed by atoms with Crippen molar-refractivity contribution in [1.82, 2.24) is 0 Å². The predicted molar refractivity (Wildman–Crippen MR) is 105 cm³/mol. The molecule has 27 heavy (non-hydrogen) atoms. The fourth-order valence-electron chi connectivity index (χ4n) is 2.22. The van der Waals surface area contributed by atoms with Gasteiger partial charge < -0.3 is 25.2 Å². The summed E-state index contributed by atoms with van der Waals surface area (Å²) in [5.41, 5.74) is -0.303. The van der Waals surface area contributed by atoms with Gasteiger partial charge in [0.05, 0.1) is 19.6 Å². The minimum absolute atomic E-state index is 0.210. The van der Waals surface area contributed by atoms with Gasteiger partial charge in [-0.1, -0.05) is 71.3 Å². The first-order valence-corrected chi connectivity index (χ1v) is 9.84. The van der Waals surface area contributed by atoms with Crippen molar-refractivity contribution in [2.75, 3.05) is 19.8 Å². The number of aliphatic hydroxyl groups is 2. The summed E-state index contributed by atoms with van der Waals surface area (Å²) in [6.45, 7) is 6.02. The van der Waals surface area contributed by atoms with E-state index in [-0.39, 0.29) is 18.8 Å². The molecule has 0 spiro atoms. The van der Waals surface area contributed by atoms with Gasteiger partial charge in [-0.3, -0.25) is 4.79 Å². The summed E-state index contributed by atoms with van der Waals surface area (Å²) < 4.78 is 5.25. The van der Waals surface area contributed by atoms with E-state index in [2.05, 4.69) is 13.5 Å². The van der Waals surface area contributed by atoms with Crippen molar-refractivity contribution in [3.63, 3.8) is 0 Å². The van der Waals surface area contributed by atoms with Crippen LogP contribution in [0.4, 0.5) is 0 Å². The molecule has 0 saturated heterocycles. The summed E-state index contributed by atoms with van der Waals surface area (Å²) in [7, 11) is 0. The third-order valence-corrected chi connectivity index (χ3v) is 3.83. The van der Waals surface area contributed by atoms with Crippen LogP contribution in [-0.4, -0.2) is 58.3 Å².